The monoisotopic (exact) mass is 404 g/mol. The van der Waals surface area contributed by atoms with Crippen LogP contribution < -0.4 is 4.90 Å². The van der Waals surface area contributed by atoms with Crippen LogP contribution in [0.3, 0.4) is 0 Å². The van der Waals surface area contributed by atoms with Crippen LogP contribution in [0.4, 0.5) is 5.69 Å². The van der Waals surface area contributed by atoms with Crippen LogP contribution >= 0.6 is 0 Å². The lowest BCUT2D eigenvalue weighted by Gasteiger charge is -2.26. The molecule has 0 radical (unpaired) electrons. The molecule has 0 aromatic heterocycles. The summed E-state index contributed by atoms with van der Waals surface area (Å²) < 4.78 is 5.24. The molecule has 2 aliphatic rings. The molecule has 0 atom stereocenters. The highest BCUT2D eigenvalue weighted by atomic mass is 16.5. The number of rotatable bonds is 5. The lowest BCUT2D eigenvalue weighted by molar-refractivity contribution is -0.134. The zero-order chi connectivity index (χ0) is 20.9. The van der Waals surface area contributed by atoms with Crippen molar-refractivity contribution in [1.82, 2.24) is 4.90 Å². The molecule has 0 spiro atoms. The molecule has 4 rings (SSSR count). The first-order valence-corrected chi connectivity index (χ1v) is 10.2. The Labute approximate surface area is 175 Å². The van der Waals surface area contributed by atoms with Crippen molar-refractivity contribution in [3.05, 3.63) is 71.8 Å². The lowest BCUT2D eigenvalue weighted by Crippen LogP contribution is -2.37. The van der Waals surface area contributed by atoms with Crippen LogP contribution in [0, 0.1) is 0 Å². The Balaban J connectivity index is 1.32. The number of nitrogens with zero attached hydrogens (tertiary/aromatic N) is 2. The Hall–Kier alpha value is -3.41. The van der Waals surface area contributed by atoms with Crippen molar-refractivity contribution in [1.29, 1.82) is 0 Å². The molecule has 154 valence electrons. The van der Waals surface area contributed by atoms with Gasteiger partial charge in [0.15, 0.2) is 6.61 Å². The molecule has 0 N–H and O–H groups in total. The van der Waals surface area contributed by atoms with E-state index in [2.05, 4.69) is 18.2 Å². The van der Waals surface area contributed by atoms with Gasteiger partial charge in [0.25, 0.3) is 5.91 Å². The van der Waals surface area contributed by atoms with Crippen LogP contribution in [0.2, 0.25) is 0 Å². The Bertz CT molecular complexity index is 984. The van der Waals surface area contributed by atoms with Gasteiger partial charge in [0.05, 0.1) is 5.56 Å². The van der Waals surface area contributed by atoms with Gasteiger partial charge in [0.2, 0.25) is 5.91 Å². The van der Waals surface area contributed by atoms with Crippen LogP contribution in [0.15, 0.2) is 60.7 Å². The molecule has 6 heteroatoms. The first-order valence-electron chi connectivity index (χ1n) is 10.2. The smallest absolute Gasteiger partial charge is 0.338 e. The van der Waals surface area contributed by atoms with E-state index in [0.717, 1.165) is 12.8 Å². The van der Waals surface area contributed by atoms with Crippen molar-refractivity contribution in [3.63, 3.8) is 0 Å². The number of ether oxygens (including phenoxy) is 1. The maximum atomic E-state index is 12.5. The number of esters is 1. The average molecular weight is 404 g/mol. The molecule has 30 heavy (non-hydrogen) atoms. The van der Waals surface area contributed by atoms with Gasteiger partial charge in [0.1, 0.15) is 0 Å². The Kier molecular flexibility index (Phi) is 5.93. The van der Waals surface area contributed by atoms with Gasteiger partial charge in [-0.1, -0.05) is 42.5 Å². The summed E-state index contributed by atoms with van der Waals surface area (Å²) in [4.78, 5) is 40.2. The van der Waals surface area contributed by atoms with Crippen molar-refractivity contribution < 1.29 is 19.1 Å². The summed E-state index contributed by atoms with van der Waals surface area (Å²) in [6, 6.07) is 16.9. The first kappa shape index (κ1) is 19.9. The molecule has 0 aliphatic carbocycles. The Morgan fingerprint density at radius 2 is 1.80 bits per heavy atom. The predicted octanol–water partition coefficient (Wildman–Crippen LogP) is 3.29. The minimum absolute atomic E-state index is 0.0590. The largest absolute Gasteiger partial charge is 0.452 e. The van der Waals surface area contributed by atoms with E-state index in [1.165, 1.54) is 11.1 Å². The van der Waals surface area contributed by atoms with Gasteiger partial charge in [0, 0.05) is 31.7 Å². The van der Waals surface area contributed by atoms with E-state index in [1.807, 2.05) is 18.2 Å². The molecular weight excluding hydrogens is 380 g/mol. The van der Waals surface area contributed by atoms with Crippen LogP contribution in [0.5, 0.6) is 0 Å². The molecule has 6 nitrogen and oxygen atoms in total. The highest BCUT2D eigenvalue weighted by Gasteiger charge is 2.23. The van der Waals surface area contributed by atoms with Crippen LogP contribution in [-0.4, -0.2) is 48.9 Å². The van der Waals surface area contributed by atoms with Crippen molar-refractivity contribution in [3.8, 4) is 0 Å². The Morgan fingerprint density at radius 3 is 2.50 bits per heavy atom. The highest BCUT2D eigenvalue weighted by molar-refractivity contribution is 5.98. The standard InChI is InChI=1S/C24H24N2O4/c27-22-10-5-13-26(22)21-9-4-8-20(16-21)24(29)30-17-23(28)25-14-11-19(12-15-25)18-6-2-1-3-7-18/h1-4,6-9,11,16H,5,10,12-15,17H2. The second-order valence-electron chi connectivity index (χ2n) is 7.46. The number of hydrogen-bond donors (Lipinski definition) is 0. The maximum absolute atomic E-state index is 12.5. The quantitative estimate of drug-likeness (QED) is 0.718. The van der Waals surface area contributed by atoms with E-state index >= 15 is 0 Å². The number of amides is 2. The van der Waals surface area contributed by atoms with Crippen molar-refractivity contribution in [2.24, 2.45) is 0 Å². The summed E-state index contributed by atoms with van der Waals surface area (Å²) in [5.74, 6) is -0.712. The topological polar surface area (TPSA) is 66.9 Å². The molecule has 1 saturated heterocycles. The second-order valence-corrected chi connectivity index (χ2v) is 7.46. The molecule has 0 bridgehead atoms. The van der Waals surface area contributed by atoms with Gasteiger partial charge in [-0.2, -0.15) is 0 Å². The summed E-state index contributed by atoms with van der Waals surface area (Å²) in [6.45, 7) is 1.47. The van der Waals surface area contributed by atoms with Crippen LogP contribution in [0.25, 0.3) is 5.57 Å². The fraction of sp³-hybridized carbons (Fsp3) is 0.292. The number of carbonyl (C=O) groups is 3. The molecule has 2 aromatic rings. The normalized spacial score (nSPS) is 16.4. The summed E-state index contributed by atoms with van der Waals surface area (Å²) >= 11 is 0. The average Bonchev–Trinajstić information content (AvgIpc) is 3.24. The minimum Gasteiger partial charge on any atom is -0.452 e. The third-order valence-electron chi connectivity index (χ3n) is 5.50. The van der Waals surface area contributed by atoms with Crippen molar-refractivity contribution >= 4 is 29.0 Å². The SMILES string of the molecule is O=C(OCC(=O)N1CC=C(c2ccccc2)CC1)c1cccc(N2CCCC2=O)c1. The fourth-order valence-corrected chi connectivity index (χ4v) is 3.83. The Morgan fingerprint density at radius 1 is 0.967 bits per heavy atom. The number of carbonyl (C=O) groups excluding carboxylic acids is 3. The van der Waals surface area contributed by atoms with Gasteiger partial charge >= 0.3 is 5.97 Å². The minimum atomic E-state index is -0.561. The van der Waals surface area contributed by atoms with Gasteiger partial charge < -0.3 is 14.5 Å². The molecule has 2 heterocycles. The third kappa shape index (κ3) is 4.43. The summed E-state index contributed by atoms with van der Waals surface area (Å²) in [6.07, 6.45) is 4.17. The lowest BCUT2D eigenvalue weighted by atomic mass is 10.00. The number of hydrogen-bond acceptors (Lipinski definition) is 4. The molecule has 0 saturated carbocycles. The zero-order valence-corrected chi connectivity index (χ0v) is 16.8. The summed E-state index contributed by atoms with van der Waals surface area (Å²) in [5.41, 5.74) is 3.43. The van der Waals surface area contributed by atoms with E-state index in [-0.39, 0.29) is 18.4 Å². The maximum Gasteiger partial charge on any atom is 0.338 e. The van der Waals surface area contributed by atoms with Crippen molar-refractivity contribution in [2.75, 3.05) is 31.1 Å². The number of benzene rings is 2. The van der Waals surface area contributed by atoms with Crippen molar-refractivity contribution in [2.45, 2.75) is 19.3 Å². The van der Waals surface area contributed by atoms with E-state index in [4.69, 9.17) is 4.74 Å². The molecule has 0 unspecified atom stereocenters. The van der Waals surface area contributed by atoms with Crippen LogP contribution in [0.1, 0.15) is 35.2 Å². The van der Waals surface area contributed by atoms with Gasteiger partial charge in [-0.15, -0.1) is 0 Å². The van der Waals surface area contributed by atoms with E-state index in [0.29, 0.717) is 37.3 Å². The first-order chi connectivity index (χ1) is 14.6. The van der Waals surface area contributed by atoms with E-state index < -0.39 is 5.97 Å². The third-order valence-corrected chi connectivity index (χ3v) is 5.50. The van der Waals surface area contributed by atoms with Gasteiger partial charge in [-0.25, -0.2) is 4.79 Å². The highest BCUT2D eigenvalue weighted by Crippen LogP contribution is 2.23. The summed E-state index contributed by atoms with van der Waals surface area (Å²) in [7, 11) is 0. The van der Waals surface area contributed by atoms with E-state index in [1.54, 1.807) is 34.1 Å². The summed E-state index contributed by atoms with van der Waals surface area (Å²) in [5, 5.41) is 0. The zero-order valence-electron chi connectivity index (χ0n) is 16.8. The van der Waals surface area contributed by atoms with Gasteiger partial charge in [-0.05, 0) is 42.2 Å². The second kappa shape index (κ2) is 8.95. The molecule has 1 fully saturated rings. The van der Waals surface area contributed by atoms with Gasteiger partial charge in [-0.3, -0.25) is 9.59 Å². The molecule has 2 amide bonds. The fourth-order valence-electron chi connectivity index (χ4n) is 3.83. The predicted molar refractivity (Wildman–Crippen MR) is 114 cm³/mol. The van der Waals surface area contributed by atoms with Crippen LogP contribution in [-0.2, 0) is 14.3 Å². The molecule has 2 aliphatic heterocycles. The molecular formula is C24H24N2O4. The number of anilines is 1. The van der Waals surface area contributed by atoms with E-state index in [9.17, 15) is 14.4 Å². The molecule has 2 aromatic carbocycles.